The third-order valence-electron chi connectivity index (χ3n) is 5.12. The van der Waals surface area contributed by atoms with E-state index < -0.39 is 16.2 Å². The minimum Gasteiger partial charge on any atom is -0.288 e. The van der Waals surface area contributed by atoms with Gasteiger partial charge in [0.25, 0.3) is 11.2 Å². The maximum absolute atomic E-state index is 13.4. The minimum absolute atomic E-state index is 0.0478. The van der Waals surface area contributed by atoms with E-state index in [0.29, 0.717) is 22.2 Å². The monoisotopic (exact) mass is 401 g/mol. The van der Waals surface area contributed by atoms with E-state index in [-0.39, 0.29) is 12.2 Å². The molecule has 7 heteroatoms. The molecule has 4 rings (SSSR count). The smallest absolute Gasteiger partial charge is 0.288 e. The van der Waals surface area contributed by atoms with Crippen LogP contribution in [0.4, 0.5) is 5.69 Å². The lowest BCUT2D eigenvalue weighted by Crippen LogP contribution is -2.39. The topological polar surface area (TPSA) is 87.1 Å². The van der Waals surface area contributed by atoms with Crippen LogP contribution in [0, 0.1) is 10.1 Å². The first-order valence-corrected chi connectivity index (χ1v) is 9.57. The molecule has 0 atom stereocenters. The molecule has 0 radical (unpaired) electrons. The van der Waals surface area contributed by atoms with Crippen LogP contribution in [0.15, 0.2) is 82.4 Å². The van der Waals surface area contributed by atoms with Crippen molar-refractivity contribution in [2.75, 3.05) is 0 Å². The normalized spacial score (nSPS) is 11.0. The number of hydrogen-bond donors (Lipinski definition) is 0. The molecule has 1 aromatic heterocycles. The third kappa shape index (κ3) is 3.41. The second-order valence-electron chi connectivity index (χ2n) is 6.97. The summed E-state index contributed by atoms with van der Waals surface area (Å²) in [5, 5.41) is 11.5. The van der Waals surface area contributed by atoms with Gasteiger partial charge in [0.15, 0.2) is 0 Å². The van der Waals surface area contributed by atoms with Crippen molar-refractivity contribution in [3.63, 3.8) is 0 Å². The van der Waals surface area contributed by atoms with Crippen LogP contribution in [0.2, 0.25) is 0 Å². The van der Waals surface area contributed by atoms with Crippen LogP contribution in [-0.4, -0.2) is 14.1 Å². The Morgan fingerprint density at radius 2 is 1.63 bits per heavy atom. The lowest BCUT2D eigenvalue weighted by Gasteiger charge is -2.14. The van der Waals surface area contributed by atoms with Gasteiger partial charge in [0, 0.05) is 12.1 Å². The summed E-state index contributed by atoms with van der Waals surface area (Å²) in [6.07, 6.45) is 0.851. The van der Waals surface area contributed by atoms with E-state index in [1.807, 2.05) is 19.1 Å². The van der Waals surface area contributed by atoms with Crippen molar-refractivity contribution in [1.29, 1.82) is 0 Å². The first-order valence-electron chi connectivity index (χ1n) is 9.57. The maximum atomic E-state index is 13.4. The summed E-state index contributed by atoms with van der Waals surface area (Å²) >= 11 is 0. The Balaban J connectivity index is 1.95. The van der Waals surface area contributed by atoms with Crippen LogP contribution in [0.25, 0.3) is 16.6 Å². The van der Waals surface area contributed by atoms with E-state index in [9.17, 15) is 19.7 Å². The molecule has 0 aliphatic heterocycles. The largest absolute Gasteiger partial charge is 0.336 e. The summed E-state index contributed by atoms with van der Waals surface area (Å²) in [5.74, 6) is 0. The van der Waals surface area contributed by atoms with Crippen molar-refractivity contribution in [2.45, 2.75) is 19.9 Å². The minimum atomic E-state index is -0.491. The van der Waals surface area contributed by atoms with Gasteiger partial charge in [-0.3, -0.25) is 19.5 Å². The molecule has 0 aliphatic carbocycles. The van der Waals surface area contributed by atoms with Crippen molar-refractivity contribution >= 4 is 16.6 Å². The fourth-order valence-electron chi connectivity index (χ4n) is 3.53. The molecule has 3 aromatic carbocycles. The average Bonchev–Trinajstić information content (AvgIpc) is 2.77. The molecule has 0 saturated heterocycles. The van der Waals surface area contributed by atoms with Crippen LogP contribution >= 0.6 is 0 Å². The number of nitrogens with zero attached hydrogens (tertiary/aromatic N) is 3. The van der Waals surface area contributed by atoms with E-state index >= 15 is 0 Å². The molecule has 0 saturated carbocycles. The van der Waals surface area contributed by atoms with E-state index in [2.05, 4.69) is 0 Å². The molecule has 4 aromatic rings. The highest BCUT2D eigenvalue weighted by Gasteiger charge is 2.15. The Morgan fingerprint density at radius 1 is 0.900 bits per heavy atom. The van der Waals surface area contributed by atoms with Crippen molar-refractivity contribution < 1.29 is 4.92 Å². The van der Waals surface area contributed by atoms with Gasteiger partial charge in [0.2, 0.25) is 0 Å². The summed E-state index contributed by atoms with van der Waals surface area (Å²) in [6.45, 7) is 2.14. The fourth-order valence-corrected chi connectivity index (χ4v) is 3.53. The second-order valence-corrected chi connectivity index (χ2v) is 6.97. The molecule has 0 amide bonds. The summed E-state index contributed by atoms with van der Waals surface area (Å²) in [6, 6.07) is 20.3. The van der Waals surface area contributed by atoms with E-state index in [1.54, 1.807) is 48.5 Å². The Labute approximate surface area is 171 Å². The van der Waals surface area contributed by atoms with Crippen LogP contribution in [0.1, 0.15) is 18.1 Å². The van der Waals surface area contributed by atoms with Gasteiger partial charge in [-0.05, 0) is 41.8 Å². The number of aryl methyl sites for hydroxylation is 1. The predicted octanol–water partition coefficient (Wildman–Crippen LogP) is 3.67. The molecule has 0 aliphatic rings. The Kier molecular flexibility index (Phi) is 5.02. The number of rotatable bonds is 5. The maximum Gasteiger partial charge on any atom is 0.336 e. The van der Waals surface area contributed by atoms with Crippen LogP contribution < -0.4 is 11.2 Å². The molecular weight excluding hydrogens is 382 g/mol. The molecule has 7 nitrogen and oxygen atoms in total. The number of nitro benzene ring substituents is 1. The van der Waals surface area contributed by atoms with Gasteiger partial charge >= 0.3 is 5.69 Å². The van der Waals surface area contributed by atoms with Crippen LogP contribution in [0.3, 0.4) is 0 Å². The summed E-state index contributed by atoms with van der Waals surface area (Å²) in [7, 11) is 0. The first-order chi connectivity index (χ1) is 14.5. The molecule has 0 fully saturated rings. The summed E-state index contributed by atoms with van der Waals surface area (Å²) in [4.78, 5) is 37.1. The Morgan fingerprint density at radius 3 is 2.33 bits per heavy atom. The van der Waals surface area contributed by atoms with Gasteiger partial charge in [-0.15, -0.1) is 0 Å². The molecule has 1 heterocycles. The fraction of sp³-hybridized carbons (Fsp3) is 0.130. The predicted molar refractivity (Wildman–Crippen MR) is 115 cm³/mol. The van der Waals surface area contributed by atoms with E-state index in [0.717, 1.165) is 16.6 Å². The molecule has 0 bridgehead atoms. The van der Waals surface area contributed by atoms with E-state index in [1.165, 1.54) is 16.7 Å². The van der Waals surface area contributed by atoms with Crippen LogP contribution in [0.5, 0.6) is 0 Å². The average molecular weight is 401 g/mol. The number of fused-ring (bicyclic) bond motifs is 1. The summed E-state index contributed by atoms with van der Waals surface area (Å²) in [5.41, 5.74) is 1.74. The van der Waals surface area contributed by atoms with Gasteiger partial charge in [-0.25, -0.2) is 9.36 Å². The van der Waals surface area contributed by atoms with Crippen molar-refractivity contribution in [1.82, 2.24) is 9.13 Å². The number of para-hydroxylation sites is 1. The standard InChI is InChI=1S/C23H19N3O4/c1-2-16-10-12-18(13-11-16)25-22(27)20-8-3-4-9-21(20)24(23(25)28)15-17-6-5-7-19(14-17)26(29)30/h3-14H,2,15H2,1H3. The molecule has 0 unspecified atom stereocenters. The molecular formula is C23H19N3O4. The van der Waals surface area contributed by atoms with Crippen molar-refractivity contribution in [3.8, 4) is 5.69 Å². The number of aromatic nitrogens is 2. The second kappa shape index (κ2) is 7.79. The molecule has 150 valence electrons. The van der Waals surface area contributed by atoms with Gasteiger partial charge in [-0.1, -0.05) is 43.3 Å². The molecule has 0 spiro atoms. The highest BCUT2D eigenvalue weighted by Crippen LogP contribution is 2.16. The number of non-ortho nitro benzene ring substituents is 1. The molecule has 30 heavy (non-hydrogen) atoms. The summed E-state index contributed by atoms with van der Waals surface area (Å²) < 4.78 is 2.63. The Hall–Kier alpha value is -4.00. The lowest BCUT2D eigenvalue weighted by atomic mass is 10.1. The quantitative estimate of drug-likeness (QED) is 0.377. The van der Waals surface area contributed by atoms with Crippen molar-refractivity contribution in [3.05, 3.63) is 115 Å². The zero-order chi connectivity index (χ0) is 21.3. The third-order valence-corrected chi connectivity index (χ3v) is 5.12. The zero-order valence-electron chi connectivity index (χ0n) is 16.3. The van der Waals surface area contributed by atoms with Gasteiger partial charge < -0.3 is 0 Å². The van der Waals surface area contributed by atoms with Gasteiger partial charge in [0.05, 0.1) is 28.1 Å². The highest BCUT2D eigenvalue weighted by atomic mass is 16.6. The zero-order valence-corrected chi connectivity index (χ0v) is 16.3. The Bertz CT molecular complexity index is 1370. The SMILES string of the molecule is CCc1ccc(-n2c(=O)c3ccccc3n(Cc3cccc([N+](=O)[O-])c3)c2=O)cc1. The number of nitro groups is 1. The van der Waals surface area contributed by atoms with E-state index in [4.69, 9.17) is 0 Å². The highest BCUT2D eigenvalue weighted by molar-refractivity contribution is 5.78. The first kappa shape index (κ1) is 19.3. The number of hydrogen-bond acceptors (Lipinski definition) is 4. The lowest BCUT2D eigenvalue weighted by molar-refractivity contribution is -0.384. The van der Waals surface area contributed by atoms with Crippen molar-refractivity contribution in [2.24, 2.45) is 0 Å². The van der Waals surface area contributed by atoms with Gasteiger partial charge in [-0.2, -0.15) is 0 Å². The number of benzene rings is 3. The van der Waals surface area contributed by atoms with Crippen LogP contribution in [-0.2, 0) is 13.0 Å². The van der Waals surface area contributed by atoms with Gasteiger partial charge in [0.1, 0.15) is 0 Å². The molecule has 0 N–H and O–H groups in total.